The van der Waals surface area contributed by atoms with Gasteiger partial charge in [-0.05, 0) is 13.0 Å². The van der Waals surface area contributed by atoms with E-state index in [-0.39, 0.29) is 0 Å². The molecule has 0 unspecified atom stereocenters. The Kier molecular flexibility index (Phi) is 3.20. The van der Waals surface area contributed by atoms with Gasteiger partial charge in [-0.3, -0.25) is 0 Å². The SMILES string of the molecule is COC(=O)c1nc(-c2cccc(C)c2)nc2c1CNC2. The summed E-state index contributed by atoms with van der Waals surface area (Å²) in [4.78, 5) is 20.8. The molecule has 0 bridgehead atoms. The Labute approximate surface area is 117 Å². The van der Waals surface area contributed by atoms with Crippen LogP contribution in [0.15, 0.2) is 24.3 Å². The normalized spacial score (nSPS) is 13.1. The Morgan fingerprint density at radius 3 is 2.90 bits per heavy atom. The summed E-state index contributed by atoms with van der Waals surface area (Å²) in [5, 5.41) is 3.19. The molecule has 0 fully saturated rings. The third-order valence-corrected chi connectivity index (χ3v) is 3.34. The summed E-state index contributed by atoms with van der Waals surface area (Å²) in [6.45, 7) is 3.27. The van der Waals surface area contributed by atoms with Crippen molar-refractivity contribution >= 4 is 5.97 Å². The van der Waals surface area contributed by atoms with E-state index < -0.39 is 5.97 Å². The van der Waals surface area contributed by atoms with Crippen LogP contribution in [0, 0.1) is 6.92 Å². The quantitative estimate of drug-likeness (QED) is 0.843. The molecule has 1 aromatic heterocycles. The van der Waals surface area contributed by atoms with Crippen molar-refractivity contribution in [1.82, 2.24) is 15.3 Å². The van der Waals surface area contributed by atoms with Crippen molar-refractivity contribution in [3.8, 4) is 11.4 Å². The Hall–Kier alpha value is -2.27. The third-order valence-electron chi connectivity index (χ3n) is 3.34. The van der Waals surface area contributed by atoms with Crippen molar-refractivity contribution in [3.05, 3.63) is 46.8 Å². The molecule has 1 aromatic carbocycles. The predicted molar refractivity (Wildman–Crippen MR) is 74.1 cm³/mol. The first kappa shape index (κ1) is 12.7. The molecular weight excluding hydrogens is 254 g/mol. The van der Waals surface area contributed by atoms with Gasteiger partial charge in [0.25, 0.3) is 0 Å². The van der Waals surface area contributed by atoms with Crippen molar-refractivity contribution in [2.45, 2.75) is 20.0 Å². The maximum atomic E-state index is 11.9. The average molecular weight is 269 g/mol. The maximum Gasteiger partial charge on any atom is 0.357 e. The number of carbonyl (C=O) groups excluding carboxylic acids is 1. The second-order valence-electron chi connectivity index (χ2n) is 4.79. The van der Waals surface area contributed by atoms with Crippen LogP contribution in [0.5, 0.6) is 0 Å². The lowest BCUT2D eigenvalue weighted by molar-refractivity contribution is 0.0592. The number of hydrogen-bond donors (Lipinski definition) is 1. The van der Waals surface area contributed by atoms with Gasteiger partial charge in [-0.15, -0.1) is 0 Å². The van der Waals surface area contributed by atoms with E-state index in [1.54, 1.807) is 0 Å². The first-order chi connectivity index (χ1) is 9.69. The molecule has 3 rings (SSSR count). The van der Waals surface area contributed by atoms with Crippen molar-refractivity contribution in [2.24, 2.45) is 0 Å². The smallest absolute Gasteiger partial charge is 0.357 e. The van der Waals surface area contributed by atoms with Crippen LogP contribution in [0.3, 0.4) is 0 Å². The molecule has 2 heterocycles. The molecule has 0 saturated heterocycles. The molecule has 0 saturated carbocycles. The lowest BCUT2D eigenvalue weighted by Gasteiger charge is -2.08. The number of benzene rings is 1. The van der Waals surface area contributed by atoms with Crippen molar-refractivity contribution < 1.29 is 9.53 Å². The molecule has 0 aliphatic carbocycles. The summed E-state index contributed by atoms with van der Waals surface area (Å²) in [6.07, 6.45) is 0. The fourth-order valence-corrected chi connectivity index (χ4v) is 2.35. The topological polar surface area (TPSA) is 64.1 Å². The summed E-state index contributed by atoms with van der Waals surface area (Å²) in [5.74, 6) is 0.151. The van der Waals surface area contributed by atoms with Gasteiger partial charge in [0.1, 0.15) is 0 Å². The van der Waals surface area contributed by atoms with Crippen molar-refractivity contribution in [1.29, 1.82) is 0 Å². The number of nitrogens with one attached hydrogen (secondary N) is 1. The molecule has 0 atom stereocenters. The summed E-state index contributed by atoms with van der Waals surface area (Å²) in [6, 6.07) is 7.92. The van der Waals surface area contributed by atoms with Gasteiger partial charge in [-0.25, -0.2) is 14.8 Å². The molecule has 1 aliphatic rings. The van der Waals surface area contributed by atoms with E-state index in [9.17, 15) is 4.79 Å². The zero-order chi connectivity index (χ0) is 14.1. The van der Waals surface area contributed by atoms with Crippen LogP contribution in [0.1, 0.15) is 27.3 Å². The number of fused-ring (bicyclic) bond motifs is 1. The summed E-state index contributed by atoms with van der Waals surface area (Å²) in [5.41, 5.74) is 4.11. The zero-order valence-electron chi connectivity index (χ0n) is 11.4. The summed E-state index contributed by atoms with van der Waals surface area (Å²) < 4.78 is 4.82. The van der Waals surface area contributed by atoms with Crippen LogP contribution in [-0.2, 0) is 17.8 Å². The van der Waals surface area contributed by atoms with Gasteiger partial charge in [-0.1, -0.05) is 23.8 Å². The molecule has 0 spiro atoms. The number of aryl methyl sites for hydroxylation is 1. The number of hydrogen-bond acceptors (Lipinski definition) is 5. The van der Waals surface area contributed by atoms with E-state index in [0.29, 0.717) is 24.6 Å². The van der Waals surface area contributed by atoms with Gasteiger partial charge in [0.05, 0.1) is 12.8 Å². The molecular formula is C15H15N3O2. The molecule has 1 N–H and O–H groups in total. The first-order valence-corrected chi connectivity index (χ1v) is 6.45. The highest BCUT2D eigenvalue weighted by molar-refractivity contribution is 5.89. The molecule has 0 amide bonds. The molecule has 5 nitrogen and oxygen atoms in total. The largest absolute Gasteiger partial charge is 0.464 e. The van der Waals surface area contributed by atoms with Crippen LogP contribution >= 0.6 is 0 Å². The van der Waals surface area contributed by atoms with Crippen LogP contribution in [0.4, 0.5) is 0 Å². The number of methoxy groups -OCH3 is 1. The molecule has 102 valence electrons. The lowest BCUT2D eigenvalue weighted by atomic mass is 10.1. The van der Waals surface area contributed by atoms with Crippen molar-refractivity contribution in [2.75, 3.05) is 7.11 Å². The zero-order valence-corrected chi connectivity index (χ0v) is 11.4. The first-order valence-electron chi connectivity index (χ1n) is 6.45. The number of esters is 1. The van der Waals surface area contributed by atoms with E-state index in [4.69, 9.17) is 4.74 Å². The highest BCUT2D eigenvalue weighted by Crippen LogP contribution is 2.23. The van der Waals surface area contributed by atoms with Gasteiger partial charge >= 0.3 is 5.97 Å². The Balaban J connectivity index is 2.16. The Morgan fingerprint density at radius 1 is 1.30 bits per heavy atom. The minimum Gasteiger partial charge on any atom is -0.464 e. The molecule has 20 heavy (non-hydrogen) atoms. The van der Waals surface area contributed by atoms with Crippen LogP contribution in [0.2, 0.25) is 0 Å². The molecule has 5 heteroatoms. The van der Waals surface area contributed by atoms with Crippen LogP contribution < -0.4 is 5.32 Å². The fourth-order valence-electron chi connectivity index (χ4n) is 2.35. The standard InChI is InChI=1S/C15H15N3O2/c1-9-4-3-5-10(6-9)14-17-12-8-16-7-11(12)13(18-14)15(19)20-2/h3-6,16H,7-8H2,1-2H3. The van der Waals surface area contributed by atoms with Gasteiger partial charge < -0.3 is 10.1 Å². The number of nitrogens with zero attached hydrogens (tertiary/aromatic N) is 2. The van der Waals surface area contributed by atoms with Crippen LogP contribution in [0.25, 0.3) is 11.4 Å². The monoisotopic (exact) mass is 269 g/mol. The highest BCUT2D eigenvalue weighted by Gasteiger charge is 2.24. The number of carbonyl (C=O) groups is 1. The minimum atomic E-state index is -0.416. The number of rotatable bonds is 2. The minimum absolute atomic E-state index is 0.360. The second-order valence-corrected chi connectivity index (χ2v) is 4.79. The maximum absolute atomic E-state index is 11.9. The van der Waals surface area contributed by atoms with E-state index >= 15 is 0 Å². The second kappa shape index (κ2) is 5.02. The number of ether oxygens (including phenoxy) is 1. The average Bonchev–Trinajstić information content (AvgIpc) is 2.93. The highest BCUT2D eigenvalue weighted by atomic mass is 16.5. The summed E-state index contributed by atoms with van der Waals surface area (Å²) >= 11 is 0. The lowest BCUT2D eigenvalue weighted by Crippen LogP contribution is -2.11. The number of aromatic nitrogens is 2. The summed E-state index contributed by atoms with van der Waals surface area (Å²) in [7, 11) is 1.37. The Bertz CT molecular complexity index is 683. The van der Waals surface area contributed by atoms with E-state index in [0.717, 1.165) is 22.4 Å². The Morgan fingerprint density at radius 2 is 2.15 bits per heavy atom. The van der Waals surface area contributed by atoms with Crippen molar-refractivity contribution in [3.63, 3.8) is 0 Å². The predicted octanol–water partition coefficient (Wildman–Crippen LogP) is 1.84. The van der Waals surface area contributed by atoms with Gasteiger partial charge in [0.2, 0.25) is 0 Å². The van der Waals surface area contributed by atoms with Gasteiger partial charge in [-0.2, -0.15) is 0 Å². The third kappa shape index (κ3) is 2.16. The molecule has 2 aromatic rings. The van der Waals surface area contributed by atoms with E-state index in [1.165, 1.54) is 7.11 Å². The van der Waals surface area contributed by atoms with Gasteiger partial charge in [0.15, 0.2) is 11.5 Å². The molecule has 1 aliphatic heterocycles. The fraction of sp³-hybridized carbons (Fsp3) is 0.267. The van der Waals surface area contributed by atoms with Gasteiger partial charge in [0, 0.05) is 24.2 Å². The van der Waals surface area contributed by atoms with Crippen LogP contribution in [-0.4, -0.2) is 23.0 Å². The van der Waals surface area contributed by atoms with E-state index in [2.05, 4.69) is 15.3 Å². The van der Waals surface area contributed by atoms with E-state index in [1.807, 2.05) is 31.2 Å². The molecule has 0 radical (unpaired) electrons.